The Balaban J connectivity index is 0.00000280. The molecule has 0 saturated carbocycles. The summed E-state index contributed by atoms with van der Waals surface area (Å²) in [6.07, 6.45) is 3.12. The Kier molecular flexibility index (Phi) is 8.11. The molecular formula is C18H21FIN7O. The number of ether oxygens (including phenoxy) is 1. The van der Waals surface area contributed by atoms with Gasteiger partial charge >= 0.3 is 0 Å². The van der Waals surface area contributed by atoms with Gasteiger partial charge in [0.1, 0.15) is 23.7 Å². The maximum absolute atomic E-state index is 13.4. The van der Waals surface area contributed by atoms with Crippen molar-refractivity contribution in [3.63, 3.8) is 0 Å². The van der Waals surface area contributed by atoms with Crippen molar-refractivity contribution in [1.82, 2.24) is 30.4 Å². The zero-order chi connectivity index (χ0) is 19.1. The Bertz CT molecular complexity index is 932. The third-order valence-corrected chi connectivity index (χ3v) is 3.75. The Morgan fingerprint density at radius 1 is 1.18 bits per heavy atom. The molecule has 0 radical (unpaired) electrons. The van der Waals surface area contributed by atoms with Crippen molar-refractivity contribution in [2.45, 2.75) is 13.1 Å². The topological polar surface area (TPSA) is 89.2 Å². The number of rotatable bonds is 6. The fraction of sp³-hybridized carbons (Fsp3) is 0.222. The SMILES string of the molecule is CN=C(NCc1cccnc1Oc1cccc(F)c1)NCc1ncnn1C.I. The van der Waals surface area contributed by atoms with Gasteiger partial charge in [0.25, 0.3) is 0 Å². The number of nitrogens with zero attached hydrogens (tertiary/aromatic N) is 5. The van der Waals surface area contributed by atoms with Crippen LogP contribution in [0.4, 0.5) is 4.39 Å². The normalized spacial score (nSPS) is 10.9. The monoisotopic (exact) mass is 497 g/mol. The van der Waals surface area contributed by atoms with E-state index in [-0.39, 0.29) is 29.8 Å². The van der Waals surface area contributed by atoms with E-state index in [0.29, 0.717) is 30.7 Å². The molecule has 10 heteroatoms. The molecule has 2 N–H and O–H groups in total. The first kappa shape index (κ1) is 21.5. The number of aryl methyl sites for hydroxylation is 1. The molecule has 0 atom stereocenters. The van der Waals surface area contributed by atoms with Crippen LogP contribution in [0.2, 0.25) is 0 Å². The molecule has 0 aliphatic heterocycles. The minimum Gasteiger partial charge on any atom is -0.439 e. The molecule has 0 unspecified atom stereocenters. The average Bonchev–Trinajstić information content (AvgIpc) is 3.08. The van der Waals surface area contributed by atoms with Gasteiger partial charge in [-0.1, -0.05) is 12.1 Å². The molecule has 148 valence electrons. The Hall–Kier alpha value is -2.76. The summed E-state index contributed by atoms with van der Waals surface area (Å²) >= 11 is 0. The number of aliphatic imine (C=N–C) groups is 1. The quantitative estimate of drug-likeness (QED) is 0.309. The van der Waals surface area contributed by atoms with Gasteiger partial charge in [0.15, 0.2) is 5.96 Å². The standard InChI is InChI=1S/C18H20FN7O.HI/c1-20-18(23-11-16-24-12-25-26(16)2)22-10-13-5-4-8-21-17(13)27-15-7-3-6-14(19)9-15;/h3-9,12H,10-11H2,1-2H3,(H2,20,22,23);1H. The molecule has 3 rings (SSSR count). The summed E-state index contributed by atoms with van der Waals surface area (Å²) in [5.74, 6) is 1.81. The largest absolute Gasteiger partial charge is 0.439 e. The average molecular weight is 497 g/mol. The van der Waals surface area contributed by atoms with E-state index < -0.39 is 0 Å². The summed E-state index contributed by atoms with van der Waals surface area (Å²) in [6.45, 7) is 0.910. The maximum Gasteiger partial charge on any atom is 0.224 e. The van der Waals surface area contributed by atoms with E-state index in [2.05, 4.69) is 30.7 Å². The molecule has 0 saturated heterocycles. The summed E-state index contributed by atoms with van der Waals surface area (Å²) in [5.41, 5.74) is 0.809. The van der Waals surface area contributed by atoms with Gasteiger partial charge in [0.05, 0.1) is 6.54 Å². The van der Waals surface area contributed by atoms with Crippen molar-refractivity contribution < 1.29 is 9.13 Å². The summed E-state index contributed by atoms with van der Waals surface area (Å²) in [4.78, 5) is 12.6. The van der Waals surface area contributed by atoms with Gasteiger partial charge in [-0.3, -0.25) is 9.67 Å². The maximum atomic E-state index is 13.4. The summed E-state index contributed by atoms with van der Waals surface area (Å²) in [5, 5.41) is 10.4. The predicted octanol–water partition coefficient (Wildman–Crippen LogP) is 2.62. The predicted molar refractivity (Wildman–Crippen MR) is 114 cm³/mol. The highest BCUT2D eigenvalue weighted by molar-refractivity contribution is 14.0. The summed E-state index contributed by atoms with van der Waals surface area (Å²) in [7, 11) is 3.51. The van der Waals surface area contributed by atoms with Crippen LogP contribution < -0.4 is 15.4 Å². The van der Waals surface area contributed by atoms with Crippen molar-refractivity contribution in [2.24, 2.45) is 12.0 Å². The van der Waals surface area contributed by atoms with Crippen LogP contribution in [0.25, 0.3) is 0 Å². The third kappa shape index (κ3) is 5.87. The third-order valence-electron chi connectivity index (χ3n) is 3.75. The number of hydrogen-bond acceptors (Lipinski definition) is 5. The lowest BCUT2D eigenvalue weighted by atomic mass is 10.2. The van der Waals surface area contributed by atoms with Gasteiger partial charge in [-0.2, -0.15) is 5.10 Å². The summed E-state index contributed by atoms with van der Waals surface area (Å²) < 4.78 is 20.8. The molecule has 2 heterocycles. The number of pyridine rings is 1. The van der Waals surface area contributed by atoms with Crippen LogP contribution in [0.3, 0.4) is 0 Å². The molecule has 0 bridgehead atoms. The van der Waals surface area contributed by atoms with Gasteiger partial charge in [-0.05, 0) is 18.2 Å². The minimum absolute atomic E-state index is 0. The molecule has 28 heavy (non-hydrogen) atoms. The fourth-order valence-electron chi connectivity index (χ4n) is 2.34. The summed E-state index contributed by atoms with van der Waals surface area (Å²) in [6, 6.07) is 9.63. The Labute approximate surface area is 179 Å². The first-order chi connectivity index (χ1) is 13.2. The van der Waals surface area contributed by atoms with E-state index >= 15 is 0 Å². The van der Waals surface area contributed by atoms with Crippen molar-refractivity contribution in [2.75, 3.05) is 7.05 Å². The second-order valence-corrected chi connectivity index (χ2v) is 5.61. The van der Waals surface area contributed by atoms with Crippen molar-refractivity contribution in [3.8, 4) is 11.6 Å². The van der Waals surface area contributed by atoms with Crippen LogP contribution in [0.5, 0.6) is 11.6 Å². The van der Waals surface area contributed by atoms with E-state index in [1.165, 1.54) is 18.5 Å². The van der Waals surface area contributed by atoms with E-state index in [0.717, 1.165) is 11.4 Å². The Morgan fingerprint density at radius 2 is 2.00 bits per heavy atom. The molecule has 8 nitrogen and oxygen atoms in total. The number of nitrogens with one attached hydrogen (secondary N) is 2. The van der Waals surface area contributed by atoms with Crippen molar-refractivity contribution in [3.05, 3.63) is 66.1 Å². The lowest BCUT2D eigenvalue weighted by Gasteiger charge is -2.14. The van der Waals surface area contributed by atoms with Crippen LogP contribution in [0.15, 0.2) is 53.9 Å². The van der Waals surface area contributed by atoms with Crippen molar-refractivity contribution >= 4 is 29.9 Å². The minimum atomic E-state index is -0.364. The number of aromatic nitrogens is 4. The molecule has 0 aliphatic carbocycles. The second kappa shape index (κ2) is 10.5. The first-order valence-corrected chi connectivity index (χ1v) is 8.30. The zero-order valence-corrected chi connectivity index (χ0v) is 17.8. The molecule has 0 fully saturated rings. The van der Waals surface area contributed by atoms with Crippen LogP contribution >= 0.6 is 24.0 Å². The first-order valence-electron chi connectivity index (χ1n) is 8.30. The van der Waals surface area contributed by atoms with E-state index in [1.54, 1.807) is 30.1 Å². The van der Waals surface area contributed by atoms with Crippen LogP contribution in [-0.2, 0) is 20.1 Å². The number of halogens is 2. The highest BCUT2D eigenvalue weighted by atomic mass is 127. The Morgan fingerprint density at radius 3 is 2.71 bits per heavy atom. The number of benzene rings is 1. The van der Waals surface area contributed by atoms with Gasteiger partial charge < -0.3 is 15.4 Å². The zero-order valence-electron chi connectivity index (χ0n) is 15.5. The molecule has 0 amide bonds. The van der Waals surface area contributed by atoms with Gasteiger partial charge in [-0.25, -0.2) is 14.4 Å². The number of hydrogen-bond donors (Lipinski definition) is 2. The highest BCUT2D eigenvalue weighted by Crippen LogP contribution is 2.23. The molecule has 2 aromatic heterocycles. The molecule has 1 aromatic carbocycles. The molecule has 0 spiro atoms. The number of guanidine groups is 1. The van der Waals surface area contributed by atoms with Gasteiger partial charge in [0.2, 0.25) is 5.88 Å². The van der Waals surface area contributed by atoms with Crippen LogP contribution in [0.1, 0.15) is 11.4 Å². The lowest BCUT2D eigenvalue weighted by Crippen LogP contribution is -2.37. The second-order valence-electron chi connectivity index (χ2n) is 5.61. The van der Waals surface area contributed by atoms with Gasteiger partial charge in [0, 0.05) is 38.5 Å². The van der Waals surface area contributed by atoms with E-state index in [1.807, 2.05) is 19.2 Å². The van der Waals surface area contributed by atoms with Crippen LogP contribution in [0, 0.1) is 5.82 Å². The van der Waals surface area contributed by atoms with Crippen LogP contribution in [-0.4, -0.2) is 32.8 Å². The van der Waals surface area contributed by atoms with Gasteiger partial charge in [-0.15, -0.1) is 24.0 Å². The molecular weight excluding hydrogens is 476 g/mol. The lowest BCUT2D eigenvalue weighted by molar-refractivity contribution is 0.450. The highest BCUT2D eigenvalue weighted by Gasteiger charge is 2.08. The smallest absolute Gasteiger partial charge is 0.224 e. The fourth-order valence-corrected chi connectivity index (χ4v) is 2.34. The van der Waals surface area contributed by atoms with E-state index in [9.17, 15) is 4.39 Å². The van der Waals surface area contributed by atoms with E-state index in [4.69, 9.17) is 4.74 Å². The molecule has 3 aromatic rings. The van der Waals surface area contributed by atoms with Crippen molar-refractivity contribution in [1.29, 1.82) is 0 Å². The molecule has 0 aliphatic rings.